The van der Waals surface area contributed by atoms with Gasteiger partial charge in [0, 0.05) is 5.69 Å². The molecule has 2 rings (SSSR count). The third-order valence-corrected chi connectivity index (χ3v) is 10.1. The Morgan fingerprint density at radius 2 is 1.90 bits per heavy atom. The average Bonchev–Trinajstić information content (AvgIpc) is 3.04. The molecule has 6 nitrogen and oxygen atoms in total. The molecule has 0 unspecified atom stereocenters. The summed E-state index contributed by atoms with van der Waals surface area (Å²) in [5.41, 5.74) is 0.414. The van der Waals surface area contributed by atoms with Gasteiger partial charge in [-0.3, -0.25) is 9.78 Å². The van der Waals surface area contributed by atoms with E-state index < -0.39 is 24.2 Å². The van der Waals surface area contributed by atoms with E-state index in [2.05, 4.69) is 14.3 Å². The summed E-state index contributed by atoms with van der Waals surface area (Å²) in [6, 6.07) is 0. The Morgan fingerprint density at radius 3 is 2.38 bits per heavy atom. The summed E-state index contributed by atoms with van der Waals surface area (Å²) >= 11 is 2.68. The fourth-order valence-electron chi connectivity index (χ4n) is 2.88. The van der Waals surface area contributed by atoms with Crippen LogP contribution in [0, 0.1) is 5.82 Å². The molecule has 2 heterocycles. The van der Waals surface area contributed by atoms with E-state index in [-0.39, 0.29) is 18.3 Å². The molecule has 0 aliphatic heterocycles. The number of amides is 1. The molecule has 1 atom stereocenters. The molecule has 0 bridgehead atoms. The van der Waals surface area contributed by atoms with E-state index in [1.165, 1.54) is 12.4 Å². The fraction of sp³-hybridized carbons (Fsp3) is 0.526. The number of nitrogens with zero attached hydrogens (tertiary/aromatic N) is 3. The number of rotatable bonds is 6. The van der Waals surface area contributed by atoms with Gasteiger partial charge in [0.2, 0.25) is 0 Å². The first-order valence-corrected chi connectivity index (χ1v) is 14.0. The Balaban J connectivity index is 2.46. The van der Waals surface area contributed by atoms with Crippen molar-refractivity contribution in [2.75, 3.05) is 0 Å². The fourth-order valence-corrected chi connectivity index (χ4v) is 6.70. The number of aromatic nitrogens is 2. The maximum atomic E-state index is 14.4. The van der Waals surface area contributed by atoms with Gasteiger partial charge in [-0.25, -0.2) is 13.6 Å². The zero-order valence-electron chi connectivity index (χ0n) is 17.2. The normalized spacial score (nSPS) is 14.3. The van der Waals surface area contributed by atoms with Crippen molar-refractivity contribution in [2.24, 2.45) is 4.36 Å². The highest BCUT2D eigenvalue weighted by Crippen LogP contribution is 2.33. The summed E-state index contributed by atoms with van der Waals surface area (Å²) < 4.78 is 31.7. The lowest BCUT2D eigenvalue weighted by Gasteiger charge is -2.18. The van der Waals surface area contributed by atoms with Crippen LogP contribution in [0.5, 0.6) is 0 Å². The summed E-state index contributed by atoms with van der Waals surface area (Å²) in [6.07, 6.45) is 2.38. The van der Waals surface area contributed by atoms with Crippen molar-refractivity contribution in [1.82, 2.24) is 9.97 Å². The van der Waals surface area contributed by atoms with Gasteiger partial charge >= 0.3 is 0 Å². The van der Waals surface area contributed by atoms with Gasteiger partial charge in [0.15, 0.2) is 0 Å². The Kier molecular flexibility index (Phi) is 7.56. The largest absolute Gasteiger partial charge is 0.383 e. The summed E-state index contributed by atoms with van der Waals surface area (Å²) in [6.45, 7) is 7.63. The van der Waals surface area contributed by atoms with E-state index in [9.17, 15) is 18.5 Å². The van der Waals surface area contributed by atoms with Crippen molar-refractivity contribution in [3.8, 4) is 0 Å². The summed E-state index contributed by atoms with van der Waals surface area (Å²) in [4.78, 5) is 21.0. The molecular formula is C19H25FIN3O3S2. The molecule has 2 aromatic heterocycles. The zero-order chi connectivity index (χ0) is 22.1. The van der Waals surface area contributed by atoms with Gasteiger partial charge < -0.3 is 5.11 Å². The topological polar surface area (TPSA) is 92.5 Å². The lowest BCUT2D eigenvalue weighted by Crippen LogP contribution is -2.14. The quantitative estimate of drug-likeness (QED) is 0.397. The molecule has 0 aliphatic rings. The van der Waals surface area contributed by atoms with Crippen molar-refractivity contribution in [2.45, 2.75) is 69.6 Å². The number of hydrogen-bond acceptors (Lipinski definition) is 6. The summed E-state index contributed by atoms with van der Waals surface area (Å²) in [5.74, 6) is -1.22. The molecule has 0 spiro atoms. The van der Waals surface area contributed by atoms with Crippen LogP contribution in [-0.4, -0.2) is 25.2 Å². The van der Waals surface area contributed by atoms with E-state index in [1.807, 2.05) is 27.7 Å². The van der Waals surface area contributed by atoms with Crippen molar-refractivity contribution in [1.29, 1.82) is 0 Å². The number of aliphatic hydroxyl groups is 1. The van der Waals surface area contributed by atoms with Crippen LogP contribution in [0.2, 0.25) is 0 Å². The smallest absolute Gasteiger partial charge is 0.259 e. The number of pyridine rings is 1. The molecule has 2 aromatic rings. The summed E-state index contributed by atoms with van der Waals surface area (Å²) in [7, 11) is 0. The molecular weight excluding hydrogens is 528 g/mol. The van der Waals surface area contributed by atoms with Gasteiger partial charge in [-0.2, -0.15) is 0 Å². The van der Waals surface area contributed by atoms with Crippen molar-refractivity contribution in [3.05, 3.63) is 40.0 Å². The van der Waals surface area contributed by atoms with Crippen molar-refractivity contribution in [3.63, 3.8) is 0 Å². The SMILES string of the molecule is CC(C)c1ncc(F)c(C(C)C)c1CC(=O)N=[S@@](=O)(I)c1cnc(C(C)(C)O)s1. The highest BCUT2D eigenvalue weighted by Gasteiger charge is 2.25. The van der Waals surface area contributed by atoms with Crippen molar-refractivity contribution >= 4 is 45.3 Å². The highest BCUT2D eigenvalue weighted by atomic mass is 127. The first-order chi connectivity index (χ1) is 13.2. The first-order valence-electron chi connectivity index (χ1n) is 9.09. The lowest BCUT2D eigenvalue weighted by molar-refractivity contribution is -0.117. The zero-order valence-corrected chi connectivity index (χ0v) is 21.0. The third-order valence-electron chi connectivity index (χ3n) is 4.14. The Labute approximate surface area is 187 Å². The average molecular weight is 553 g/mol. The van der Waals surface area contributed by atoms with E-state index in [0.29, 0.717) is 26.0 Å². The number of hydrogen-bond donors (Lipinski definition) is 1. The van der Waals surface area contributed by atoms with Crippen LogP contribution in [0.4, 0.5) is 4.39 Å². The maximum Gasteiger partial charge on any atom is 0.259 e. The standard InChI is InChI=1S/C19H25FIN3O3S2/c1-10(2)16-12(17(11(3)4)22-8-13(16)20)7-14(25)24-29(21,27)15-9-23-18(28-15)19(5,6)26/h8-11,26H,7H2,1-6H3/t29-/m0/s1. The van der Waals surface area contributed by atoms with E-state index >= 15 is 0 Å². The van der Waals surface area contributed by atoms with Crippen LogP contribution >= 0.6 is 32.5 Å². The van der Waals surface area contributed by atoms with Crippen LogP contribution in [-0.2, 0) is 23.7 Å². The van der Waals surface area contributed by atoms with Gasteiger partial charge in [0.05, 0.1) is 40.0 Å². The second-order valence-electron chi connectivity index (χ2n) is 7.86. The van der Waals surface area contributed by atoms with Gasteiger partial charge in [-0.05, 0) is 36.8 Å². The van der Waals surface area contributed by atoms with Crippen LogP contribution in [0.15, 0.2) is 21.0 Å². The minimum absolute atomic E-state index is 0.00398. The Morgan fingerprint density at radius 1 is 1.28 bits per heavy atom. The van der Waals surface area contributed by atoms with Crippen LogP contribution in [0.3, 0.4) is 0 Å². The van der Waals surface area contributed by atoms with E-state index in [4.69, 9.17) is 0 Å². The third kappa shape index (κ3) is 5.80. The number of halogens is 2. The minimum Gasteiger partial charge on any atom is -0.383 e. The predicted octanol–water partition coefficient (Wildman–Crippen LogP) is 5.10. The van der Waals surface area contributed by atoms with E-state index in [0.717, 1.165) is 11.3 Å². The Hall–Kier alpha value is -0.980. The monoisotopic (exact) mass is 553 g/mol. The molecule has 0 aliphatic carbocycles. The Bertz CT molecular complexity index is 1040. The molecule has 160 valence electrons. The van der Waals surface area contributed by atoms with Gasteiger partial charge in [-0.1, -0.05) is 27.7 Å². The molecule has 0 aromatic carbocycles. The number of carbonyl (C=O) groups excluding carboxylic acids is 1. The van der Waals surface area contributed by atoms with Crippen LogP contribution < -0.4 is 0 Å². The number of carbonyl (C=O) groups is 1. The molecule has 0 saturated heterocycles. The second-order valence-corrected chi connectivity index (χ2v) is 14.3. The van der Waals surface area contributed by atoms with Crippen LogP contribution in [0.25, 0.3) is 0 Å². The summed E-state index contributed by atoms with van der Waals surface area (Å²) in [5, 5.41) is 10.4. The van der Waals surface area contributed by atoms with E-state index in [1.54, 1.807) is 35.1 Å². The second kappa shape index (κ2) is 9.03. The predicted molar refractivity (Wildman–Crippen MR) is 121 cm³/mol. The molecule has 1 N–H and O–H groups in total. The first kappa shape index (κ1) is 24.3. The highest BCUT2D eigenvalue weighted by molar-refractivity contribution is 14.2. The molecule has 29 heavy (non-hydrogen) atoms. The molecule has 0 radical (unpaired) electrons. The van der Waals surface area contributed by atoms with Gasteiger partial charge in [0.25, 0.3) is 5.91 Å². The lowest BCUT2D eigenvalue weighted by atomic mass is 9.90. The van der Waals surface area contributed by atoms with Gasteiger partial charge in [-0.15, -0.1) is 15.7 Å². The minimum atomic E-state index is -3.07. The number of thiazole rings is 1. The molecule has 10 heteroatoms. The van der Waals surface area contributed by atoms with Gasteiger partial charge in [0.1, 0.15) is 27.5 Å². The molecule has 1 amide bonds. The van der Waals surface area contributed by atoms with Crippen LogP contribution in [0.1, 0.15) is 75.2 Å². The molecule has 0 saturated carbocycles. The maximum absolute atomic E-state index is 14.4. The molecule has 0 fully saturated rings. The van der Waals surface area contributed by atoms with Crippen molar-refractivity contribution < 1.29 is 18.5 Å².